The number of aromatic carboxylic acids is 1. The number of carbonyl (C=O) groups is 2. The lowest BCUT2D eigenvalue weighted by Crippen LogP contribution is -2.67. The molecule has 1 aromatic heterocycles. The average molecular weight is 349 g/mol. The normalized spacial score (nSPS) is 19.1. The van der Waals surface area contributed by atoms with Crippen LogP contribution in [0.4, 0.5) is 5.69 Å². The van der Waals surface area contributed by atoms with Gasteiger partial charge in [0.05, 0.1) is 24.6 Å². The summed E-state index contributed by atoms with van der Waals surface area (Å²) in [6, 6.07) is 17.0. The highest BCUT2D eigenvalue weighted by Crippen LogP contribution is 2.41. The third-order valence-electron chi connectivity index (χ3n) is 4.42. The Hall–Kier alpha value is -3.54. The van der Waals surface area contributed by atoms with Crippen molar-refractivity contribution >= 4 is 17.6 Å². The van der Waals surface area contributed by atoms with Crippen molar-refractivity contribution in [1.29, 1.82) is 0 Å². The Morgan fingerprint density at radius 3 is 2.38 bits per heavy atom. The molecule has 2 heterocycles. The average Bonchev–Trinajstić information content (AvgIpc) is 3.20. The van der Waals surface area contributed by atoms with Crippen LogP contribution in [0.2, 0.25) is 0 Å². The molecule has 1 N–H and O–H groups in total. The molecule has 0 bridgehead atoms. The molecule has 1 unspecified atom stereocenters. The number of β-lactam (4-membered cyclic amide) rings is 1. The van der Waals surface area contributed by atoms with Gasteiger partial charge in [0, 0.05) is 11.3 Å². The minimum absolute atomic E-state index is 0.170. The third kappa shape index (κ3) is 2.52. The van der Waals surface area contributed by atoms with E-state index >= 15 is 0 Å². The molecule has 4 rings (SSSR count). The van der Waals surface area contributed by atoms with Crippen molar-refractivity contribution < 1.29 is 23.8 Å². The lowest BCUT2D eigenvalue weighted by atomic mass is 9.85. The number of anilines is 1. The molecule has 0 aliphatic carbocycles. The highest BCUT2D eigenvalue weighted by atomic mass is 16.5. The van der Waals surface area contributed by atoms with Crippen molar-refractivity contribution in [3.63, 3.8) is 0 Å². The maximum Gasteiger partial charge on any atom is 0.335 e. The van der Waals surface area contributed by atoms with E-state index < -0.39 is 11.6 Å². The predicted molar refractivity (Wildman–Crippen MR) is 93.2 cm³/mol. The summed E-state index contributed by atoms with van der Waals surface area (Å²) >= 11 is 0. The monoisotopic (exact) mass is 349 g/mol. The first-order chi connectivity index (χ1) is 12.6. The van der Waals surface area contributed by atoms with Crippen LogP contribution >= 0.6 is 0 Å². The van der Waals surface area contributed by atoms with E-state index in [0.29, 0.717) is 23.5 Å². The van der Waals surface area contributed by atoms with Crippen LogP contribution in [0.3, 0.4) is 0 Å². The van der Waals surface area contributed by atoms with Crippen LogP contribution in [0.25, 0.3) is 0 Å². The molecule has 0 radical (unpaired) electrons. The molecule has 2 aromatic carbocycles. The number of hydrogen-bond acceptors (Lipinski definition) is 4. The summed E-state index contributed by atoms with van der Waals surface area (Å²) in [5, 5.41) is 9.00. The lowest BCUT2D eigenvalue weighted by Gasteiger charge is -2.47. The first kappa shape index (κ1) is 16.0. The van der Waals surface area contributed by atoms with Gasteiger partial charge in [-0.2, -0.15) is 0 Å². The number of nitrogens with zero attached hydrogens (tertiary/aromatic N) is 1. The van der Waals surface area contributed by atoms with E-state index in [4.69, 9.17) is 14.3 Å². The predicted octanol–water partition coefficient (Wildman–Crippen LogP) is 3.30. The van der Waals surface area contributed by atoms with E-state index in [0.717, 1.165) is 0 Å². The number of amides is 1. The van der Waals surface area contributed by atoms with Crippen LogP contribution in [0.1, 0.15) is 15.9 Å². The minimum atomic E-state index is -1.15. The van der Waals surface area contributed by atoms with E-state index in [1.54, 1.807) is 35.2 Å². The molecule has 6 heteroatoms. The summed E-state index contributed by atoms with van der Waals surface area (Å²) in [5.74, 6) is -0.652. The highest BCUT2D eigenvalue weighted by molar-refractivity contribution is 6.07. The van der Waals surface area contributed by atoms with Gasteiger partial charge in [-0.3, -0.25) is 4.79 Å². The standard InChI is InChI=1S/C20H15NO5/c22-18(23)14-6-8-16(9-7-14)21-13-20(19(21)24,15-10-11-25-12-15)26-17-4-2-1-3-5-17/h1-12H,13H2,(H,22,23). The van der Waals surface area contributed by atoms with Crippen LogP contribution in [-0.4, -0.2) is 23.5 Å². The molecule has 1 amide bonds. The maximum absolute atomic E-state index is 13.0. The Bertz CT molecular complexity index is 934. The number of carbonyl (C=O) groups excluding carboxylic acids is 1. The van der Waals surface area contributed by atoms with Crippen LogP contribution in [0.15, 0.2) is 77.6 Å². The zero-order chi connectivity index (χ0) is 18.1. The number of rotatable bonds is 5. The molecular formula is C20H15NO5. The minimum Gasteiger partial charge on any atom is -0.478 e. The van der Waals surface area contributed by atoms with Crippen molar-refractivity contribution in [1.82, 2.24) is 0 Å². The van der Waals surface area contributed by atoms with E-state index in [-0.39, 0.29) is 11.5 Å². The van der Waals surface area contributed by atoms with Crippen LogP contribution in [0.5, 0.6) is 5.75 Å². The van der Waals surface area contributed by atoms with Crippen LogP contribution in [0, 0.1) is 0 Å². The van der Waals surface area contributed by atoms with Gasteiger partial charge >= 0.3 is 5.97 Å². The van der Waals surface area contributed by atoms with Gasteiger partial charge in [-0.15, -0.1) is 0 Å². The molecule has 0 saturated carbocycles. The van der Waals surface area contributed by atoms with E-state index in [1.807, 2.05) is 18.2 Å². The van der Waals surface area contributed by atoms with E-state index in [2.05, 4.69) is 0 Å². The molecule has 0 spiro atoms. The van der Waals surface area contributed by atoms with Gasteiger partial charge in [0.1, 0.15) is 5.75 Å². The van der Waals surface area contributed by atoms with Gasteiger partial charge < -0.3 is 19.2 Å². The van der Waals surface area contributed by atoms with Gasteiger partial charge in [0.2, 0.25) is 5.60 Å². The number of ether oxygens (including phenoxy) is 1. The first-order valence-electron chi connectivity index (χ1n) is 8.02. The lowest BCUT2D eigenvalue weighted by molar-refractivity contribution is -0.143. The second-order valence-corrected chi connectivity index (χ2v) is 6.00. The molecular weight excluding hydrogens is 334 g/mol. The summed E-state index contributed by atoms with van der Waals surface area (Å²) in [5.41, 5.74) is 0.281. The molecule has 1 fully saturated rings. The number of para-hydroxylation sites is 1. The Morgan fingerprint density at radius 2 is 1.81 bits per heavy atom. The Balaban J connectivity index is 1.63. The van der Waals surface area contributed by atoms with Crippen molar-refractivity contribution in [2.24, 2.45) is 0 Å². The summed E-state index contributed by atoms with van der Waals surface area (Å²) < 4.78 is 11.2. The zero-order valence-corrected chi connectivity index (χ0v) is 13.7. The van der Waals surface area contributed by atoms with Crippen molar-refractivity contribution in [3.05, 3.63) is 84.3 Å². The second kappa shape index (κ2) is 6.07. The number of carboxylic acids is 1. The smallest absolute Gasteiger partial charge is 0.335 e. The fourth-order valence-electron chi connectivity index (χ4n) is 3.01. The van der Waals surface area contributed by atoms with Crippen LogP contribution in [-0.2, 0) is 10.4 Å². The second-order valence-electron chi connectivity index (χ2n) is 6.00. The number of carboxylic acid groups (broad SMARTS) is 1. The van der Waals surface area contributed by atoms with Gasteiger partial charge in [-0.1, -0.05) is 18.2 Å². The largest absolute Gasteiger partial charge is 0.478 e. The molecule has 26 heavy (non-hydrogen) atoms. The van der Waals surface area contributed by atoms with E-state index in [9.17, 15) is 9.59 Å². The van der Waals surface area contributed by atoms with Gasteiger partial charge in [0.15, 0.2) is 0 Å². The molecule has 130 valence electrons. The van der Waals surface area contributed by atoms with Crippen LogP contribution < -0.4 is 9.64 Å². The first-order valence-corrected chi connectivity index (χ1v) is 8.02. The van der Waals surface area contributed by atoms with Gasteiger partial charge in [-0.05, 0) is 42.5 Å². The highest BCUT2D eigenvalue weighted by Gasteiger charge is 2.57. The molecule has 3 aromatic rings. The number of benzene rings is 2. The SMILES string of the molecule is O=C(O)c1ccc(N2CC(Oc3ccccc3)(c3ccoc3)C2=O)cc1. The van der Waals surface area contributed by atoms with Gasteiger partial charge in [0.25, 0.3) is 5.91 Å². The molecule has 6 nitrogen and oxygen atoms in total. The fourth-order valence-corrected chi connectivity index (χ4v) is 3.01. The van der Waals surface area contributed by atoms with Crippen molar-refractivity contribution in [2.75, 3.05) is 11.4 Å². The van der Waals surface area contributed by atoms with Crippen molar-refractivity contribution in [3.8, 4) is 5.75 Å². The fraction of sp³-hybridized carbons (Fsp3) is 0.100. The number of hydrogen-bond donors (Lipinski definition) is 1. The summed E-state index contributed by atoms with van der Waals surface area (Å²) in [4.78, 5) is 25.6. The third-order valence-corrected chi connectivity index (χ3v) is 4.42. The molecule has 1 aliphatic heterocycles. The zero-order valence-electron chi connectivity index (χ0n) is 13.7. The number of furan rings is 1. The Kier molecular flexibility index (Phi) is 3.73. The summed E-state index contributed by atoms with van der Waals surface area (Å²) in [7, 11) is 0. The molecule has 1 atom stereocenters. The van der Waals surface area contributed by atoms with E-state index in [1.165, 1.54) is 24.7 Å². The summed E-state index contributed by atoms with van der Waals surface area (Å²) in [6.45, 7) is 0.298. The molecule has 1 saturated heterocycles. The van der Waals surface area contributed by atoms with Gasteiger partial charge in [-0.25, -0.2) is 4.79 Å². The van der Waals surface area contributed by atoms with Crippen molar-refractivity contribution in [2.45, 2.75) is 5.60 Å². The Morgan fingerprint density at radius 1 is 1.08 bits per heavy atom. The molecule has 1 aliphatic rings. The topological polar surface area (TPSA) is 80.0 Å². The Labute approximate surface area is 149 Å². The summed E-state index contributed by atoms with van der Waals surface area (Å²) in [6.07, 6.45) is 3.01. The quantitative estimate of drug-likeness (QED) is 0.715. The maximum atomic E-state index is 13.0.